The maximum Gasteiger partial charge on any atom is 0.253 e. The van der Waals surface area contributed by atoms with Gasteiger partial charge in [0.2, 0.25) is 5.91 Å². The van der Waals surface area contributed by atoms with Crippen LogP contribution < -0.4 is 5.32 Å². The summed E-state index contributed by atoms with van der Waals surface area (Å²) in [5.41, 5.74) is 4.56. The van der Waals surface area contributed by atoms with Crippen molar-refractivity contribution in [3.05, 3.63) is 106 Å². The molecule has 52 heavy (non-hydrogen) atoms. The first-order valence-electron chi connectivity index (χ1n) is 17.7. The molecule has 0 spiro atoms. The van der Waals surface area contributed by atoms with Crippen LogP contribution in [0.15, 0.2) is 60.7 Å². The fourth-order valence-corrected chi connectivity index (χ4v) is 8.20. The molecule has 268 valence electrons. The second-order valence-electron chi connectivity index (χ2n) is 14.8. The molecular formula is C40H43FN8O3. The van der Waals surface area contributed by atoms with Crippen LogP contribution >= 0.6 is 0 Å². The highest BCUT2D eigenvalue weighted by atomic mass is 19.1. The second kappa shape index (κ2) is 13.6. The smallest absolute Gasteiger partial charge is 0.253 e. The average Bonchev–Trinajstić information content (AvgIpc) is 3.57. The fraction of sp³-hybridized carbons (Fsp3) is 0.400. The van der Waals surface area contributed by atoms with Crippen LogP contribution in [-0.4, -0.2) is 100 Å². The molecule has 3 amide bonds. The molecule has 1 unspecified atom stereocenters. The minimum atomic E-state index is -0.980. The number of nitriles is 1. The van der Waals surface area contributed by atoms with Crippen molar-refractivity contribution in [1.29, 1.82) is 5.26 Å². The third-order valence-electron chi connectivity index (χ3n) is 10.8. The van der Waals surface area contributed by atoms with Crippen LogP contribution in [0.3, 0.4) is 0 Å². The lowest BCUT2D eigenvalue weighted by Crippen LogP contribution is -2.46. The highest BCUT2D eigenvalue weighted by Crippen LogP contribution is 2.49. The highest BCUT2D eigenvalue weighted by molar-refractivity contribution is 5.95. The number of nitrogens with one attached hydrogen (secondary N) is 2. The summed E-state index contributed by atoms with van der Waals surface area (Å²) in [7, 11) is 6.90. The Bertz CT molecular complexity index is 2010. The zero-order valence-corrected chi connectivity index (χ0v) is 30.1. The average molecular weight is 703 g/mol. The summed E-state index contributed by atoms with van der Waals surface area (Å²) in [6.45, 7) is 2.10. The predicted octanol–water partition coefficient (Wildman–Crippen LogP) is 4.33. The van der Waals surface area contributed by atoms with Crippen molar-refractivity contribution in [2.75, 3.05) is 34.7 Å². The van der Waals surface area contributed by atoms with Gasteiger partial charge in [-0.15, -0.1) is 0 Å². The minimum Gasteiger partial charge on any atom is -0.345 e. The molecule has 11 nitrogen and oxygen atoms in total. The van der Waals surface area contributed by atoms with Crippen LogP contribution in [0.4, 0.5) is 4.39 Å². The fourth-order valence-electron chi connectivity index (χ4n) is 8.20. The van der Waals surface area contributed by atoms with Gasteiger partial charge in [0, 0.05) is 57.0 Å². The maximum atomic E-state index is 13.9. The van der Waals surface area contributed by atoms with E-state index in [2.05, 4.69) is 21.6 Å². The molecule has 4 atom stereocenters. The normalized spacial score (nSPS) is 20.1. The van der Waals surface area contributed by atoms with Crippen molar-refractivity contribution in [3.8, 4) is 17.5 Å². The summed E-state index contributed by atoms with van der Waals surface area (Å²) in [6, 6.07) is 19.4. The highest BCUT2D eigenvalue weighted by Gasteiger charge is 2.54. The van der Waals surface area contributed by atoms with Crippen molar-refractivity contribution in [3.63, 3.8) is 0 Å². The third kappa shape index (κ3) is 6.23. The number of nitrogens with zero attached hydrogens (tertiary/aromatic N) is 6. The number of carbonyl (C=O) groups excluding carboxylic acids is 3. The molecule has 2 heterocycles. The molecule has 2 fully saturated rings. The van der Waals surface area contributed by atoms with E-state index in [1.54, 1.807) is 55.0 Å². The largest absolute Gasteiger partial charge is 0.345 e. The zero-order chi connectivity index (χ0) is 36.9. The first kappa shape index (κ1) is 35.0. The van der Waals surface area contributed by atoms with Gasteiger partial charge >= 0.3 is 0 Å². The number of aryl methyl sites for hydroxylation is 2. The number of aromatic nitrogens is 3. The Morgan fingerprint density at radius 3 is 2.12 bits per heavy atom. The van der Waals surface area contributed by atoms with Gasteiger partial charge in [-0.2, -0.15) is 10.4 Å². The Labute approximate surface area is 302 Å². The summed E-state index contributed by atoms with van der Waals surface area (Å²) in [5, 5.41) is 21.1. The van der Waals surface area contributed by atoms with Gasteiger partial charge in [0.05, 0.1) is 18.0 Å². The van der Waals surface area contributed by atoms with Crippen molar-refractivity contribution >= 4 is 17.7 Å². The summed E-state index contributed by atoms with van der Waals surface area (Å²) < 4.78 is 13.9. The van der Waals surface area contributed by atoms with Gasteiger partial charge in [0.1, 0.15) is 17.7 Å². The number of benzene rings is 3. The van der Waals surface area contributed by atoms with E-state index in [1.165, 1.54) is 12.1 Å². The van der Waals surface area contributed by atoms with E-state index in [-0.39, 0.29) is 42.2 Å². The van der Waals surface area contributed by atoms with Crippen molar-refractivity contribution in [1.82, 2.24) is 35.2 Å². The number of likely N-dealkylation sites (tertiary alicyclic amines) is 1. The topological polar surface area (TPSA) is 138 Å². The van der Waals surface area contributed by atoms with Crippen LogP contribution in [-0.2, 0) is 23.1 Å². The molecule has 0 radical (unpaired) electrons. The number of aromatic amines is 1. The lowest BCUT2D eigenvalue weighted by atomic mass is 9.67. The van der Waals surface area contributed by atoms with Crippen LogP contribution in [0.2, 0.25) is 0 Å². The van der Waals surface area contributed by atoms with E-state index in [9.17, 15) is 24.0 Å². The van der Waals surface area contributed by atoms with Gasteiger partial charge in [-0.25, -0.2) is 9.37 Å². The molecule has 12 heteroatoms. The number of carbonyl (C=O) groups is 3. The molecule has 1 aliphatic heterocycles. The van der Waals surface area contributed by atoms with E-state index in [4.69, 9.17) is 4.98 Å². The Morgan fingerprint density at radius 1 is 0.962 bits per heavy atom. The monoisotopic (exact) mass is 702 g/mol. The lowest BCUT2D eigenvalue weighted by Gasteiger charge is -2.37. The molecule has 2 aliphatic carbocycles. The number of halogens is 1. The number of H-pyrrole nitrogens is 1. The Morgan fingerprint density at radius 2 is 1.56 bits per heavy atom. The molecule has 2 N–H and O–H groups in total. The first-order chi connectivity index (χ1) is 24.9. The standard InChI is InChI=1S/C40H43FN8O3/c1-23(43-22-35(50)49-31(21-42)18-29-19-34(29)49)20-40(39-44-36(45-46-39)24-8-12-30(41)13-9-24)32-14-10-27(37(51)47(2)3)16-25(32)6-7-26-17-28(11-15-33(26)40)38(52)48(4)5/h8-17,23,29,31,34,43H,6-7,18-20,22H2,1-5H3,(H,44,45,46)/t23-,29-,31?,34+/m1/s1. The molecule has 0 bridgehead atoms. The molecule has 1 saturated carbocycles. The number of hydrogen-bond acceptors (Lipinski definition) is 7. The molecule has 3 aliphatic rings. The van der Waals surface area contributed by atoms with Crippen molar-refractivity contribution in [2.24, 2.45) is 5.92 Å². The second-order valence-corrected chi connectivity index (χ2v) is 14.8. The molecule has 1 aromatic heterocycles. The number of piperidine rings is 1. The van der Waals surface area contributed by atoms with Gasteiger partial charge in [-0.05, 0) is 116 Å². The SMILES string of the molecule is C[C@H](CC1(c2nc(-c3ccc(F)cc3)n[nH]2)c2ccc(C(=O)N(C)C)cc2CCc2cc(C(=O)N(C)C)ccc21)NCC(=O)N1C(C#N)C[C@@H]2C[C@@H]21. The zero-order valence-electron chi connectivity index (χ0n) is 30.1. The van der Waals surface area contributed by atoms with E-state index in [1.807, 2.05) is 43.3 Å². The van der Waals surface area contributed by atoms with Gasteiger partial charge < -0.3 is 20.0 Å². The van der Waals surface area contributed by atoms with Gasteiger partial charge in [0.25, 0.3) is 11.8 Å². The molecule has 4 aromatic rings. The number of hydrogen-bond donors (Lipinski definition) is 2. The van der Waals surface area contributed by atoms with Gasteiger partial charge in [-0.1, -0.05) is 12.1 Å². The number of amides is 3. The van der Waals surface area contributed by atoms with Gasteiger partial charge in [-0.3, -0.25) is 19.5 Å². The van der Waals surface area contributed by atoms with E-state index in [0.29, 0.717) is 53.5 Å². The van der Waals surface area contributed by atoms with Crippen molar-refractivity contribution in [2.45, 2.75) is 62.6 Å². The summed E-state index contributed by atoms with van der Waals surface area (Å²) >= 11 is 0. The lowest BCUT2D eigenvalue weighted by molar-refractivity contribution is -0.131. The predicted molar refractivity (Wildman–Crippen MR) is 193 cm³/mol. The third-order valence-corrected chi connectivity index (χ3v) is 10.8. The minimum absolute atomic E-state index is 0.0716. The van der Waals surface area contributed by atoms with Crippen molar-refractivity contribution < 1.29 is 18.8 Å². The first-order valence-corrected chi connectivity index (χ1v) is 17.7. The van der Waals surface area contributed by atoms with E-state index < -0.39 is 11.5 Å². The number of rotatable bonds is 9. The Hall–Kier alpha value is -5.41. The van der Waals surface area contributed by atoms with Gasteiger partial charge in [0.15, 0.2) is 5.82 Å². The Kier molecular flexibility index (Phi) is 9.17. The quantitative estimate of drug-likeness (QED) is 0.265. The van der Waals surface area contributed by atoms with Crippen LogP contribution in [0.5, 0.6) is 0 Å². The van der Waals surface area contributed by atoms with Crippen LogP contribution in [0.25, 0.3) is 11.4 Å². The van der Waals surface area contributed by atoms with E-state index >= 15 is 0 Å². The maximum absolute atomic E-state index is 13.9. The van der Waals surface area contributed by atoms with Crippen LogP contribution in [0.1, 0.15) is 75.0 Å². The number of fused-ring (bicyclic) bond motifs is 3. The summed E-state index contributed by atoms with van der Waals surface area (Å²) in [5.74, 6) is 0.675. The molecule has 7 rings (SSSR count). The molecule has 3 aromatic carbocycles. The molecule has 1 saturated heterocycles. The summed E-state index contributed by atoms with van der Waals surface area (Å²) in [4.78, 5) is 49.9. The van der Waals surface area contributed by atoms with Crippen LogP contribution in [0, 0.1) is 23.1 Å². The summed E-state index contributed by atoms with van der Waals surface area (Å²) in [6.07, 6.45) is 3.31. The van der Waals surface area contributed by atoms with E-state index in [0.717, 1.165) is 35.1 Å². The molecular weight excluding hydrogens is 659 g/mol. The Balaban J connectivity index is 1.36.